The lowest BCUT2D eigenvalue weighted by Crippen LogP contribution is -2.47. The fourth-order valence-electron chi connectivity index (χ4n) is 5.87. The van der Waals surface area contributed by atoms with Gasteiger partial charge in [-0.1, -0.05) is 54.1 Å². The third kappa shape index (κ3) is 4.60. The Morgan fingerprint density at radius 3 is 2.00 bits per heavy atom. The van der Waals surface area contributed by atoms with Crippen LogP contribution in [0.5, 0.6) is 0 Å². The number of halogens is 2. The van der Waals surface area contributed by atoms with Crippen LogP contribution < -0.4 is 0 Å². The van der Waals surface area contributed by atoms with Crippen LogP contribution in [0.2, 0.25) is 0 Å². The molecule has 3 aromatic rings. The Morgan fingerprint density at radius 2 is 1.42 bits per heavy atom. The predicted octanol–water partition coefficient (Wildman–Crippen LogP) is 6.65. The van der Waals surface area contributed by atoms with Gasteiger partial charge in [-0.05, 0) is 80.1 Å². The third-order valence-electron chi connectivity index (χ3n) is 7.74. The third-order valence-corrected chi connectivity index (χ3v) is 7.74. The highest BCUT2D eigenvalue weighted by atomic mass is 19.1. The molecule has 0 spiro atoms. The summed E-state index contributed by atoms with van der Waals surface area (Å²) in [6, 6.07) is 22.9. The number of hydrogen-bond acceptors (Lipinski definition) is 2. The molecular weight excluding hydrogens is 416 g/mol. The van der Waals surface area contributed by atoms with Gasteiger partial charge in [-0.3, -0.25) is 0 Å². The molecule has 2 bridgehead atoms. The average molecular weight is 448 g/mol. The first kappa shape index (κ1) is 22.2. The van der Waals surface area contributed by atoms with Gasteiger partial charge in [-0.25, -0.2) is 8.78 Å². The first-order valence-electron chi connectivity index (χ1n) is 11.9. The number of hydrogen-bond donors (Lipinski definition) is 0. The van der Waals surface area contributed by atoms with Crippen LogP contribution >= 0.6 is 0 Å². The topological polar surface area (TPSA) is 12.5 Å². The maximum Gasteiger partial charge on any atom is 0.123 e. The highest BCUT2D eigenvalue weighted by Crippen LogP contribution is 2.47. The van der Waals surface area contributed by atoms with Crippen LogP contribution in [0.3, 0.4) is 0 Å². The summed E-state index contributed by atoms with van der Waals surface area (Å²) in [4.78, 5) is 2.55. The van der Waals surface area contributed by atoms with Gasteiger partial charge in [0.15, 0.2) is 0 Å². The van der Waals surface area contributed by atoms with Gasteiger partial charge in [0.05, 0.1) is 6.61 Å². The van der Waals surface area contributed by atoms with Gasteiger partial charge in [-0.2, -0.15) is 0 Å². The molecule has 0 amide bonds. The maximum absolute atomic E-state index is 13.6. The molecule has 172 valence electrons. The molecule has 2 saturated heterocycles. The number of aryl methyl sites for hydroxylation is 1. The Labute approximate surface area is 195 Å². The summed E-state index contributed by atoms with van der Waals surface area (Å²) in [6.45, 7) is 2.72. The summed E-state index contributed by atoms with van der Waals surface area (Å²) < 4.78 is 33.8. The van der Waals surface area contributed by atoms with Gasteiger partial charge < -0.3 is 9.64 Å². The summed E-state index contributed by atoms with van der Waals surface area (Å²) in [6.07, 6.45) is 3.20. The van der Waals surface area contributed by atoms with Gasteiger partial charge in [0, 0.05) is 18.0 Å². The number of rotatable bonds is 6. The molecule has 0 N–H and O–H groups in total. The molecule has 2 aliphatic heterocycles. The maximum atomic E-state index is 13.6. The predicted molar refractivity (Wildman–Crippen MR) is 127 cm³/mol. The number of piperidine rings is 1. The first-order valence-corrected chi connectivity index (χ1v) is 11.9. The van der Waals surface area contributed by atoms with Crippen molar-refractivity contribution in [3.63, 3.8) is 0 Å². The molecule has 2 nitrogen and oxygen atoms in total. The molecule has 5 rings (SSSR count). The summed E-state index contributed by atoms with van der Waals surface area (Å²) >= 11 is 0. The number of nitrogens with zero attached hydrogens (tertiary/aromatic N) is 1. The number of fused-ring (bicyclic) bond motifs is 2. The van der Waals surface area contributed by atoms with Crippen molar-refractivity contribution >= 4 is 0 Å². The van der Waals surface area contributed by atoms with Gasteiger partial charge in [0.1, 0.15) is 17.7 Å². The van der Waals surface area contributed by atoms with E-state index in [9.17, 15) is 8.78 Å². The van der Waals surface area contributed by atoms with Gasteiger partial charge in [0.2, 0.25) is 0 Å². The molecule has 0 radical (unpaired) electrons. The largest absolute Gasteiger partial charge is 0.368 e. The molecule has 4 heteroatoms. The van der Waals surface area contributed by atoms with Crippen molar-refractivity contribution in [3.05, 3.63) is 107 Å². The molecule has 2 heterocycles. The van der Waals surface area contributed by atoms with Gasteiger partial charge >= 0.3 is 0 Å². The average Bonchev–Trinajstić information content (AvgIpc) is 3.06. The van der Waals surface area contributed by atoms with E-state index in [1.807, 2.05) is 0 Å². The molecule has 3 aromatic carbocycles. The van der Waals surface area contributed by atoms with Crippen LogP contribution in [-0.4, -0.2) is 30.6 Å². The Hall–Kier alpha value is -2.56. The van der Waals surface area contributed by atoms with E-state index in [0.29, 0.717) is 30.5 Å². The molecule has 0 saturated carbocycles. The van der Waals surface area contributed by atoms with E-state index in [1.165, 1.54) is 48.2 Å². The smallest absolute Gasteiger partial charge is 0.123 e. The second-order valence-electron chi connectivity index (χ2n) is 9.70. The second kappa shape index (κ2) is 9.36. The molecule has 0 aliphatic carbocycles. The Kier molecular flexibility index (Phi) is 6.31. The minimum atomic E-state index is -0.366. The lowest BCUT2D eigenvalue weighted by atomic mass is 9.76. The van der Waals surface area contributed by atoms with Crippen LogP contribution in [0.4, 0.5) is 8.78 Å². The van der Waals surface area contributed by atoms with E-state index in [-0.39, 0.29) is 17.7 Å². The monoisotopic (exact) mass is 447 g/mol. The molecule has 33 heavy (non-hydrogen) atoms. The molecule has 2 fully saturated rings. The fraction of sp³-hybridized carbons (Fsp3) is 0.379. The summed E-state index contributed by atoms with van der Waals surface area (Å²) in [7, 11) is 2.25. The van der Waals surface area contributed by atoms with Crippen molar-refractivity contribution < 1.29 is 13.5 Å². The highest BCUT2D eigenvalue weighted by Gasteiger charge is 2.46. The molecule has 0 aromatic heterocycles. The van der Waals surface area contributed by atoms with E-state index in [2.05, 4.69) is 43.1 Å². The quantitative estimate of drug-likeness (QED) is 0.420. The summed E-state index contributed by atoms with van der Waals surface area (Å²) in [5.74, 6) is 0.255. The molecule has 0 unspecified atom stereocenters. The lowest BCUT2D eigenvalue weighted by molar-refractivity contribution is -0.00339. The van der Waals surface area contributed by atoms with E-state index in [1.54, 1.807) is 24.3 Å². The lowest BCUT2D eigenvalue weighted by Gasteiger charge is -2.43. The Bertz CT molecular complexity index is 1020. The van der Waals surface area contributed by atoms with Gasteiger partial charge in [-0.15, -0.1) is 0 Å². The van der Waals surface area contributed by atoms with E-state index >= 15 is 0 Å². The van der Waals surface area contributed by atoms with Crippen LogP contribution in [0.15, 0.2) is 72.8 Å². The molecule has 2 aliphatic rings. The van der Waals surface area contributed by atoms with Crippen molar-refractivity contribution in [2.24, 2.45) is 5.92 Å². The van der Waals surface area contributed by atoms with Crippen LogP contribution in [0, 0.1) is 24.5 Å². The van der Waals surface area contributed by atoms with Gasteiger partial charge in [0.25, 0.3) is 0 Å². The van der Waals surface area contributed by atoms with Crippen molar-refractivity contribution in [2.45, 2.75) is 50.3 Å². The van der Waals surface area contributed by atoms with E-state index in [4.69, 9.17) is 4.74 Å². The van der Waals surface area contributed by atoms with E-state index in [0.717, 1.165) is 17.5 Å². The van der Waals surface area contributed by atoms with Crippen molar-refractivity contribution in [3.8, 4) is 0 Å². The summed E-state index contributed by atoms with van der Waals surface area (Å²) in [5, 5.41) is 0. The van der Waals surface area contributed by atoms with Crippen molar-refractivity contribution in [2.75, 3.05) is 13.7 Å². The zero-order valence-corrected chi connectivity index (χ0v) is 19.3. The number of ether oxygens (including phenoxy) is 1. The Morgan fingerprint density at radius 1 is 0.848 bits per heavy atom. The minimum Gasteiger partial charge on any atom is -0.368 e. The van der Waals surface area contributed by atoms with Crippen LogP contribution in [-0.2, 0) is 4.74 Å². The van der Waals surface area contributed by atoms with E-state index < -0.39 is 0 Å². The van der Waals surface area contributed by atoms with Crippen molar-refractivity contribution in [1.29, 1.82) is 0 Å². The summed E-state index contributed by atoms with van der Waals surface area (Å²) in [5.41, 5.74) is 4.42. The number of benzene rings is 3. The SMILES string of the molecule is Cc1ccc([C@H]2C[C@@H]3CC[C@H]([C@H]2COC(c2ccc(F)cc2)c2ccc(F)cc2)N3C)cc1. The normalized spacial score (nSPS) is 25.0. The highest BCUT2D eigenvalue weighted by molar-refractivity contribution is 5.31. The standard InChI is InChI=1S/C29H31F2NO/c1-19-3-5-20(6-4-19)26-17-25-15-16-28(32(25)2)27(26)18-33-29(21-7-11-23(30)12-8-21)22-9-13-24(31)14-10-22/h3-14,25-29H,15-18H2,1-2H3/t25-,26+,27-,28+/m0/s1. The zero-order chi connectivity index (χ0) is 22.9. The van der Waals surface area contributed by atoms with Crippen LogP contribution in [0.1, 0.15) is 53.5 Å². The van der Waals surface area contributed by atoms with Crippen molar-refractivity contribution in [1.82, 2.24) is 4.90 Å². The van der Waals surface area contributed by atoms with Crippen LogP contribution in [0.25, 0.3) is 0 Å². The first-order chi connectivity index (χ1) is 16.0. The Balaban J connectivity index is 1.44. The minimum absolute atomic E-state index is 0.276. The molecule has 4 atom stereocenters. The molecular formula is C29H31F2NO. The zero-order valence-electron chi connectivity index (χ0n) is 19.3. The second-order valence-corrected chi connectivity index (χ2v) is 9.70. The fourth-order valence-corrected chi connectivity index (χ4v) is 5.87.